The predicted molar refractivity (Wildman–Crippen MR) is 91.7 cm³/mol. The summed E-state index contributed by atoms with van der Waals surface area (Å²) in [5.74, 6) is 0.235. The Morgan fingerprint density at radius 1 is 1.17 bits per heavy atom. The molecule has 1 aromatic heterocycles. The van der Waals surface area contributed by atoms with Gasteiger partial charge in [-0.15, -0.1) is 0 Å². The van der Waals surface area contributed by atoms with Gasteiger partial charge in [-0.3, -0.25) is 4.79 Å². The Hall–Kier alpha value is -2.79. The number of ether oxygens (including phenoxy) is 1. The molecule has 0 saturated carbocycles. The smallest absolute Gasteiger partial charge is 0.349 e. The van der Waals surface area contributed by atoms with Crippen LogP contribution < -0.4 is 15.7 Å². The van der Waals surface area contributed by atoms with Crippen molar-refractivity contribution >= 4 is 28.5 Å². The summed E-state index contributed by atoms with van der Waals surface area (Å²) < 4.78 is 10.2. The lowest BCUT2D eigenvalue weighted by molar-refractivity contribution is 0.0947. The van der Waals surface area contributed by atoms with Crippen LogP contribution in [0.2, 0.25) is 5.02 Å². The maximum absolute atomic E-state index is 12.3. The molecule has 0 unspecified atom stereocenters. The summed E-state index contributed by atoms with van der Waals surface area (Å²) in [5.41, 5.74) is 0.531. The van der Waals surface area contributed by atoms with Gasteiger partial charge in [-0.05, 0) is 42.0 Å². The summed E-state index contributed by atoms with van der Waals surface area (Å²) in [6.07, 6.45) is 0. The van der Waals surface area contributed by atoms with E-state index in [9.17, 15) is 9.59 Å². The molecule has 1 N–H and O–H groups in total. The number of hydrogen-bond acceptors (Lipinski definition) is 4. The maximum Gasteiger partial charge on any atom is 0.349 e. The van der Waals surface area contributed by atoms with Crippen LogP contribution in [0.25, 0.3) is 11.0 Å². The van der Waals surface area contributed by atoms with Crippen molar-refractivity contribution in [2.45, 2.75) is 6.54 Å². The molecule has 1 amide bonds. The molecule has 122 valence electrons. The van der Waals surface area contributed by atoms with Gasteiger partial charge in [0, 0.05) is 17.0 Å². The lowest BCUT2D eigenvalue weighted by Gasteiger charge is -2.06. The van der Waals surface area contributed by atoms with Gasteiger partial charge in [0.1, 0.15) is 16.9 Å². The Morgan fingerprint density at radius 2 is 1.92 bits per heavy atom. The number of benzene rings is 2. The van der Waals surface area contributed by atoms with Crippen molar-refractivity contribution in [2.24, 2.45) is 0 Å². The Balaban J connectivity index is 1.80. The third-order valence-corrected chi connectivity index (χ3v) is 3.79. The van der Waals surface area contributed by atoms with Crippen molar-refractivity contribution in [2.75, 3.05) is 7.11 Å². The first-order valence-electron chi connectivity index (χ1n) is 7.21. The Bertz CT molecular complexity index is 947. The average Bonchev–Trinajstić information content (AvgIpc) is 2.60. The first-order valence-corrected chi connectivity index (χ1v) is 7.59. The summed E-state index contributed by atoms with van der Waals surface area (Å²) in [4.78, 5) is 24.2. The number of carbonyl (C=O) groups excluding carboxylic acids is 1. The predicted octanol–water partition coefficient (Wildman–Crippen LogP) is 3.39. The highest BCUT2D eigenvalue weighted by Gasteiger charge is 2.13. The second-order valence-corrected chi connectivity index (χ2v) is 5.60. The molecule has 2 aromatic carbocycles. The average molecular weight is 344 g/mol. The molecule has 0 bridgehead atoms. The standard InChI is InChI=1S/C18H14ClNO4/c1-23-14-5-2-11(3-6-14)10-20-17(21)15-9-12-8-13(19)4-7-16(12)24-18(15)22/h2-9H,10H2,1H3,(H,20,21). The van der Waals surface area contributed by atoms with Crippen molar-refractivity contribution in [3.05, 3.63) is 75.1 Å². The number of methoxy groups -OCH3 is 1. The molecule has 3 aromatic rings. The van der Waals surface area contributed by atoms with Crippen molar-refractivity contribution in [3.63, 3.8) is 0 Å². The molecule has 0 saturated heterocycles. The van der Waals surface area contributed by atoms with Gasteiger partial charge in [0.2, 0.25) is 0 Å². The van der Waals surface area contributed by atoms with E-state index in [0.717, 1.165) is 11.3 Å². The van der Waals surface area contributed by atoms with Crippen LogP contribution in [-0.2, 0) is 6.54 Å². The minimum atomic E-state index is -0.683. The molecule has 6 heteroatoms. The highest BCUT2D eigenvalue weighted by molar-refractivity contribution is 6.31. The zero-order valence-corrected chi connectivity index (χ0v) is 13.6. The van der Waals surface area contributed by atoms with Crippen LogP contribution in [0.4, 0.5) is 0 Å². The van der Waals surface area contributed by atoms with E-state index in [-0.39, 0.29) is 12.1 Å². The molecule has 3 rings (SSSR count). The summed E-state index contributed by atoms with van der Waals surface area (Å²) in [7, 11) is 1.59. The van der Waals surface area contributed by atoms with Gasteiger partial charge in [0.15, 0.2) is 0 Å². The molecule has 0 atom stereocenters. The van der Waals surface area contributed by atoms with Gasteiger partial charge in [-0.25, -0.2) is 4.79 Å². The van der Waals surface area contributed by atoms with E-state index in [4.69, 9.17) is 20.8 Å². The molecule has 0 fully saturated rings. The number of halogens is 1. The van der Waals surface area contributed by atoms with Crippen LogP contribution in [0.5, 0.6) is 5.75 Å². The molecule has 24 heavy (non-hydrogen) atoms. The first kappa shape index (κ1) is 16.1. The Kier molecular flexibility index (Phi) is 4.53. The minimum absolute atomic E-state index is 0.0571. The number of carbonyl (C=O) groups is 1. The van der Waals surface area contributed by atoms with Crippen LogP contribution >= 0.6 is 11.6 Å². The monoisotopic (exact) mass is 343 g/mol. The van der Waals surface area contributed by atoms with Crippen LogP contribution in [0.3, 0.4) is 0 Å². The minimum Gasteiger partial charge on any atom is -0.497 e. The lowest BCUT2D eigenvalue weighted by Crippen LogP contribution is -2.27. The van der Waals surface area contributed by atoms with E-state index in [2.05, 4.69) is 5.32 Å². The molecule has 0 radical (unpaired) electrons. The van der Waals surface area contributed by atoms with E-state index < -0.39 is 11.5 Å². The molecular weight excluding hydrogens is 330 g/mol. The van der Waals surface area contributed by atoms with Crippen molar-refractivity contribution < 1.29 is 13.9 Å². The van der Waals surface area contributed by atoms with E-state index >= 15 is 0 Å². The Morgan fingerprint density at radius 3 is 2.62 bits per heavy atom. The molecular formula is C18H14ClNO4. The molecule has 0 spiro atoms. The summed E-state index contributed by atoms with van der Waals surface area (Å²) in [6.45, 7) is 0.288. The molecule has 0 aliphatic rings. The van der Waals surface area contributed by atoms with Crippen LogP contribution in [0, 0.1) is 0 Å². The topological polar surface area (TPSA) is 68.5 Å². The third kappa shape index (κ3) is 3.41. The summed E-state index contributed by atoms with van der Waals surface area (Å²) >= 11 is 5.93. The van der Waals surface area contributed by atoms with Gasteiger partial charge in [0.05, 0.1) is 7.11 Å². The summed E-state index contributed by atoms with van der Waals surface area (Å²) in [6, 6.07) is 13.6. The number of hydrogen-bond donors (Lipinski definition) is 1. The highest BCUT2D eigenvalue weighted by Crippen LogP contribution is 2.19. The third-order valence-electron chi connectivity index (χ3n) is 3.55. The maximum atomic E-state index is 12.3. The zero-order chi connectivity index (χ0) is 17.1. The van der Waals surface area contributed by atoms with Crippen LogP contribution in [0.15, 0.2) is 57.7 Å². The second-order valence-electron chi connectivity index (χ2n) is 5.16. The normalized spacial score (nSPS) is 10.6. The fourth-order valence-corrected chi connectivity index (χ4v) is 2.45. The molecule has 0 aliphatic heterocycles. The van der Waals surface area contributed by atoms with Crippen molar-refractivity contribution in [3.8, 4) is 5.75 Å². The van der Waals surface area contributed by atoms with Gasteiger partial charge in [-0.2, -0.15) is 0 Å². The number of amides is 1. The SMILES string of the molecule is COc1ccc(CNC(=O)c2cc3cc(Cl)ccc3oc2=O)cc1. The second kappa shape index (κ2) is 6.76. The number of rotatable bonds is 4. The Labute approximate surface area is 142 Å². The quantitative estimate of drug-likeness (QED) is 0.737. The van der Waals surface area contributed by atoms with Crippen molar-refractivity contribution in [1.29, 1.82) is 0 Å². The number of fused-ring (bicyclic) bond motifs is 1. The van der Waals surface area contributed by atoms with E-state index in [1.165, 1.54) is 6.07 Å². The van der Waals surface area contributed by atoms with E-state index in [1.54, 1.807) is 37.4 Å². The zero-order valence-electron chi connectivity index (χ0n) is 12.8. The fraction of sp³-hybridized carbons (Fsp3) is 0.111. The number of nitrogens with one attached hydrogen (secondary N) is 1. The molecule has 1 heterocycles. The summed E-state index contributed by atoms with van der Waals surface area (Å²) in [5, 5.41) is 3.80. The molecule has 5 nitrogen and oxygen atoms in total. The van der Waals surface area contributed by atoms with Crippen molar-refractivity contribution in [1.82, 2.24) is 5.32 Å². The highest BCUT2D eigenvalue weighted by atomic mass is 35.5. The van der Waals surface area contributed by atoms with Gasteiger partial charge >= 0.3 is 5.63 Å². The van der Waals surface area contributed by atoms with Crippen LogP contribution in [0.1, 0.15) is 15.9 Å². The molecule has 0 aliphatic carbocycles. The van der Waals surface area contributed by atoms with Crippen LogP contribution in [-0.4, -0.2) is 13.0 Å². The van der Waals surface area contributed by atoms with E-state index in [1.807, 2.05) is 12.1 Å². The van der Waals surface area contributed by atoms with E-state index in [0.29, 0.717) is 16.0 Å². The van der Waals surface area contributed by atoms with Gasteiger partial charge in [0.25, 0.3) is 5.91 Å². The lowest BCUT2D eigenvalue weighted by atomic mass is 10.1. The fourth-order valence-electron chi connectivity index (χ4n) is 2.27. The van der Waals surface area contributed by atoms with Gasteiger partial charge < -0.3 is 14.5 Å². The largest absolute Gasteiger partial charge is 0.497 e. The van der Waals surface area contributed by atoms with Gasteiger partial charge in [-0.1, -0.05) is 23.7 Å². The first-order chi connectivity index (χ1) is 11.6.